The van der Waals surface area contributed by atoms with Crippen LogP contribution >= 0.6 is 0 Å². The van der Waals surface area contributed by atoms with E-state index in [-0.39, 0.29) is 18.3 Å². The van der Waals surface area contributed by atoms with E-state index in [9.17, 15) is 10.2 Å². The minimum Gasteiger partial charge on any atom is -0.394 e. The van der Waals surface area contributed by atoms with Gasteiger partial charge in [-0.15, -0.1) is 6.42 Å². The predicted octanol–water partition coefficient (Wildman–Crippen LogP) is -2.06. The van der Waals surface area contributed by atoms with Crippen molar-refractivity contribution >= 4 is 0 Å². The monoisotopic (exact) mass is 225 g/mol. The van der Waals surface area contributed by atoms with E-state index in [0.29, 0.717) is 0 Å². The van der Waals surface area contributed by atoms with E-state index < -0.39 is 24.4 Å². The van der Waals surface area contributed by atoms with Crippen LogP contribution in [-0.4, -0.2) is 55.4 Å². The van der Waals surface area contributed by atoms with Crippen LogP contribution in [0, 0.1) is 12.3 Å². The van der Waals surface area contributed by atoms with Gasteiger partial charge < -0.3 is 20.1 Å². The maximum Gasteiger partial charge on any atom is 0.200 e. The Kier molecular flexibility index (Phi) is 2.89. The fourth-order valence-electron chi connectivity index (χ4n) is 1.58. The number of aromatic nitrogens is 3. The first-order chi connectivity index (χ1) is 7.67. The highest BCUT2D eigenvalue weighted by atomic mass is 16.6. The molecule has 0 bridgehead atoms. The number of aliphatic hydroxyl groups is 3. The molecule has 1 aromatic rings. The molecule has 86 valence electrons. The average molecular weight is 225 g/mol. The zero-order valence-corrected chi connectivity index (χ0v) is 8.24. The Morgan fingerprint density at radius 2 is 2.19 bits per heavy atom. The lowest BCUT2D eigenvalue weighted by atomic mass is 10.1. The van der Waals surface area contributed by atoms with Crippen molar-refractivity contribution < 1.29 is 20.1 Å². The maximum absolute atomic E-state index is 9.66. The van der Waals surface area contributed by atoms with Gasteiger partial charge in [0.25, 0.3) is 0 Å². The Hall–Kier alpha value is -1.46. The summed E-state index contributed by atoms with van der Waals surface area (Å²) < 4.78 is 5.22. The third-order valence-electron chi connectivity index (χ3n) is 2.44. The van der Waals surface area contributed by atoms with Gasteiger partial charge >= 0.3 is 0 Å². The molecular weight excluding hydrogens is 214 g/mol. The van der Waals surface area contributed by atoms with Crippen molar-refractivity contribution in [3.8, 4) is 12.3 Å². The number of terminal acetylenes is 1. The number of aliphatic hydroxyl groups excluding tert-OH is 3. The van der Waals surface area contributed by atoms with Crippen molar-refractivity contribution in [2.45, 2.75) is 24.4 Å². The van der Waals surface area contributed by atoms with Crippen LogP contribution in [0.3, 0.4) is 0 Å². The summed E-state index contributed by atoms with van der Waals surface area (Å²) in [5.74, 6) is 2.62. The van der Waals surface area contributed by atoms with Crippen LogP contribution in [0.1, 0.15) is 17.8 Å². The van der Waals surface area contributed by atoms with Crippen LogP contribution < -0.4 is 0 Å². The van der Waals surface area contributed by atoms with E-state index >= 15 is 0 Å². The standard InChI is InChI=1S/C9H11N3O4/c1-2-5-10-9(12-11-5)8-7(15)6(14)4(3-13)16-8/h1,4,6-8,13-15H,3H2,(H,10,11,12)/t4-,6-,7-,8-/m1/s1. The van der Waals surface area contributed by atoms with Gasteiger partial charge in [-0.1, -0.05) is 0 Å². The fourth-order valence-corrected chi connectivity index (χ4v) is 1.58. The van der Waals surface area contributed by atoms with Gasteiger partial charge in [0.1, 0.15) is 24.4 Å². The number of nitrogens with one attached hydrogen (secondary N) is 1. The molecule has 0 amide bonds. The maximum atomic E-state index is 9.66. The number of ether oxygens (including phenoxy) is 1. The molecule has 7 nitrogen and oxygen atoms in total. The number of aromatic amines is 1. The smallest absolute Gasteiger partial charge is 0.200 e. The van der Waals surface area contributed by atoms with E-state index in [1.54, 1.807) is 0 Å². The highest BCUT2D eigenvalue weighted by Gasteiger charge is 2.44. The van der Waals surface area contributed by atoms with Gasteiger partial charge in [0.15, 0.2) is 5.82 Å². The largest absolute Gasteiger partial charge is 0.394 e. The summed E-state index contributed by atoms with van der Waals surface area (Å²) in [5, 5.41) is 34.3. The molecular formula is C9H11N3O4. The Morgan fingerprint density at radius 3 is 2.69 bits per heavy atom. The van der Waals surface area contributed by atoms with E-state index in [1.807, 2.05) is 0 Å². The second-order valence-corrected chi connectivity index (χ2v) is 3.45. The van der Waals surface area contributed by atoms with Crippen LogP contribution in [0.25, 0.3) is 0 Å². The molecule has 0 radical (unpaired) electrons. The first-order valence-corrected chi connectivity index (χ1v) is 4.68. The van der Waals surface area contributed by atoms with Gasteiger partial charge in [-0.05, 0) is 5.92 Å². The van der Waals surface area contributed by atoms with Crippen LogP contribution in [0.5, 0.6) is 0 Å². The van der Waals surface area contributed by atoms with Crippen molar-refractivity contribution in [1.82, 2.24) is 15.2 Å². The summed E-state index contributed by atoms with van der Waals surface area (Å²) in [6.45, 7) is -0.388. The highest BCUT2D eigenvalue weighted by molar-refractivity contribution is 5.16. The number of hydrogen-bond donors (Lipinski definition) is 4. The number of nitrogens with zero attached hydrogens (tertiary/aromatic N) is 2. The van der Waals surface area contributed by atoms with Gasteiger partial charge in [0, 0.05) is 0 Å². The molecule has 0 spiro atoms. The Morgan fingerprint density at radius 1 is 1.44 bits per heavy atom. The van der Waals surface area contributed by atoms with E-state index in [1.165, 1.54) is 0 Å². The van der Waals surface area contributed by atoms with E-state index in [2.05, 4.69) is 21.1 Å². The first-order valence-electron chi connectivity index (χ1n) is 4.68. The molecule has 1 aromatic heterocycles. The Balaban J connectivity index is 2.20. The molecule has 1 fully saturated rings. The van der Waals surface area contributed by atoms with Crippen LogP contribution in [0.4, 0.5) is 0 Å². The van der Waals surface area contributed by atoms with Crippen molar-refractivity contribution in [3.05, 3.63) is 11.6 Å². The third kappa shape index (κ3) is 1.68. The summed E-state index contributed by atoms with van der Waals surface area (Å²) in [7, 11) is 0. The van der Waals surface area contributed by atoms with Crippen LogP contribution in [0.2, 0.25) is 0 Å². The van der Waals surface area contributed by atoms with Gasteiger partial charge in [-0.2, -0.15) is 5.10 Å². The van der Waals surface area contributed by atoms with Gasteiger partial charge in [0.2, 0.25) is 5.82 Å². The lowest BCUT2D eigenvalue weighted by Crippen LogP contribution is -2.32. The van der Waals surface area contributed by atoms with E-state index in [4.69, 9.17) is 16.3 Å². The average Bonchev–Trinajstić information content (AvgIpc) is 2.86. The van der Waals surface area contributed by atoms with Crippen molar-refractivity contribution in [2.24, 2.45) is 0 Å². The van der Waals surface area contributed by atoms with Gasteiger partial charge in [-0.3, -0.25) is 5.10 Å². The predicted molar refractivity (Wildman–Crippen MR) is 51.0 cm³/mol. The molecule has 16 heavy (non-hydrogen) atoms. The first kappa shape index (κ1) is 11.0. The van der Waals surface area contributed by atoms with Crippen LogP contribution in [0.15, 0.2) is 0 Å². The molecule has 4 atom stereocenters. The summed E-state index contributed by atoms with van der Waals surface area (Å²) in [6.07, 6.45) is 1.03. The number of rotatable bonds is 2. The molecule has 2 heterocycles. The molecule has 0 aromatic carbocycles. The third-order valence-corrected chi connectivity index (χ3v) is 2.44. The molecule has 0 aliphatic carbocycles. The zero-order valence-electron chi connectivity index (χ0n) is 8.24. The normalized spacial score (nSPS) is 33.9. The lowest BCUT2D eigenvalue weighted by Gasteiger charge is -2.10. The molecule has 1 saturated heterocycles. The summed E-state index contributed by atoms with van der Waals surface area (Å²) in [5.41, 5.74) is 0. The van der Waals surface area contributed by atoms with E-state index in [0.717, 1.165) is 0 Å². The molecule has 4 N–H and O–H groups in total. The number of hydrogen-bond acceptors (Lipinski definition) is 6. The Bertz CT molecular complexity index is 413. The van der Waals surface area contributed by atoms with Crippen molar-refractivity contribution in [2.75, 3.05) is 6.61 Å². The summed E-state index contributed by atoms with van der Waals surface area (Å²) >= 11 is 0. The van der Waals surface area contributed by atoms with Crippen molar-refractivity contribution in [1.29, 1.82) is 0 Å². The molecule has 0 saturated carbocycles. The number of H-pyrrole nitrogens is 1. The summed E-state index contributed by atoms with van der Waals surface area (Å²) in [4.78, 5) is 3.88. The quantitative estimate of drug-likeness (QED) is 0.431. The van der Waals surface area contributed by atoms with Crippen LogP contribution in [-0.2, 0) is 4.74 Å². The molecule has 2 rings (SSSR count). The topological polar surface area (TPSA) is 111 Å². The lowest BCUT2D eigenvalue weighted by molar-refractivity contribution is -0.0251. The summed E-state index contributed by atoms with van der Waals surface area (Å²) in [6, 6.07) is 0. The highest BCUT2D eigenvalue weighted by Crippen LogP contribution is 2.31. The van der Waals surface area contributed by atoms with Gasteiger partial charge in [-0.25, -0.2) is 4.98 Å². The fraction of sp³-hybridized carbons (Fsp3) is 0.556. The molecule has 0 unspecified atom stereocenters. The van der Waals surface area contributed by atoms with Crippen molar-refractivity contribution in [3.63, 3.8) is 0 Å². The molecule has 7 heteroatoms. The van der Waals surface area contributed by atoms with Gasteiger partial charge in [0.05, 0.1) is 6.61 Å². The Labute approximate surface area is 91.1 Å². The second kappa shape index (κ2) is 4.19. The molecule has 1 aliphatic heterocycles. The minimum absolute atomic E-state index is 0.162. The minimum atomic E-state index is -1.18. The zero-order chi connectivity index (χ0) is 11.7. The second-order valence-electron chi connectivity index (χ2n) is 3.45. The molecule has 1 aliphatic rings. The SMILES string of the molecule is C#Cc1nc([C@@H]2O[C@H](CO)[C@@H](O)[C@H]2O)n[nH]1.